The van der Waals surface area contributed by atoms with Gasteiger partial charge in [-0.2, -0.15) is 0 Å². The topological polar surface area (TPSA) is 76.7 Å². The minimum atomic E-state index is -1.09. The summed E-state index contributed by atoms with van der Waals surface area (Å²) in [6.45, 7) is 4.93. The molecule has 6 nitrogen and oxygen atoms in total. The molecule has 0 aliphatic heterocycles. The minimum absolute atomic E-state index is 0.197. The van der Waals surface area contributed by atoms with Crippen LogP contribution in [0.15, 0.2) is 60.7 Å². The zero-order valence-corrected chi connectivity index (χ0v) is 17.0. The predicted octanol–water partition coefficient (Wildman–Crippen LogP) is 2.59. The highest BCUT2D eigenvalue weighted by atomic mass is 16.5. The van der Waals surface area contributed by atoms with Crippen LogP contribution >= 0.6 is 0 Å². The largest absolute Gasteiger partial charge is 0.362 e. The zero-order chi connectivity index (χ0) is 20.9. The van der Waals surface area contributed by atoms with Gasteiger partial charge in [0.1, 0.15) is 0 Å². The van der Waals surface area contributed by atoms with E-state index >= 15 is 0 Å². The molecule has 29 heavy (non-hydrogen) atoms. The zero-order valence-electron chi connectivity index (χ0n) is 17.0. The number of benzene rings is 2. The molecule has 0 saturated carbocycles. The summed E-state index contributed by atoms with van der Waals surface area (Å²) >= 11 is 0. The van der Waals surface area contributed by atoms with E-state index in [9.17, 15) is 9.59 Å². The summed E-state index contributed by atoms with van der Waals surface area (Å²) in [6.07, 6.45) is 1.10. The molecule has 0 aromatic heterocycles. The van der Waals surface area contributed by atoms with Crippen molar-refractivity contribution in [2.75, 3.05) is 13.3 Å². The Morgan fingerprint density at radius 2 is 1.62 bits per heavy atom. The van der Waals surface area contributed by atoms with E-state index in [1.54, 1.807) is 6.29 Å². The molecule has 1 radical (unpaired) electrons. The van der Waals surface area contributed by atoms with Crippen molar-refractivity contribution in [2.24, 2.45) is 5.92 Å². The van der Waals surface area contributed by atoms with Crippen molar-refractivity contribution < 1.29 is 19.1 Å². The highest BCUT2D eigenvalue weighted by Gasteiger charge is 2.22. The van der Waals surface area contributed by atoms with Gasteiger partial charge in [-0.05, 0) is 23.5 Å². The van der Waals surface area contributed by atoms with Crippen molar-refractivity contribution in [1.82, 2.24) is 10.6 Å². The Bertz CT molecular complexity index is 722. The van der Waals surface area contributed by atoms with E-state index in [1.807, 2.05) is 74.5 Å². The fourth-order valence-electron chi connectivity index (χ4n) is 2.63. The molecule has 2 aromatic rings. The van der Waals surface area contributed by atoms with Crippen LogP contribution in [0.25, 0.3) is 0 Å². The van der Waals surface area contributed by atoms with Gasteiger partial charge in [-0.1, -0.05) is 74.5 Å². The summed E-state index contributed by atoms with van der Waals surface area (Å²) in [5.74, 6) is -0.0957. The minimum Gasteiger partial charge on any atom is -0.362 e. The summed E-state index contributed by atoms with van der Waals surface area (Å²) in [5, 5.41) is 5.71. The summed E-state index contributed by atoms with van der Waals surface area (Å²) in [5.41, 5.74) is 2.05. The number of amides is 1. The van der Waals surface area contributed by atoms with E-state index < -0.39 is 12.3 Å². The Kier molecular flexibility index (Phi) is 10.1. The van der Waals surface area contributed by atoms with Gasteiger partial charge >= 0.3 is 0 Å². The maximum atomic E-state index is 12.7. The van der Waals surface area contributed by atoms with Gasteiger partial charge in [0, 0.05) is 0 Å². The summed E-state index contributed by atoms with van der Waals surface area (Å²) in [7, 11) is 0. The SMILES string of the molecule is CC(C)COC([C]=O)NC(=O)[C@H](Cc1ccccc1)NCOCc1ccccc1. The second kappa shape index (κ2) is 12.8. The molecule has 0 heterocycles. The van der Waals surface area contributed by atoms with E-state index in [0.717, 1.165) is 11.1 Å². The van der Waals surface area contributed by atoms with Crippen molar-refractivity contribution in [3.05, 3.63) is 71.8 Å². The standard InChI is InChI=1S/C23H29N2O4/c1-18(2)15-29-22(14-26)25-23(27)21(13-19-9-5-3-6-10-19)24-17-28-16-20-11-7-4-8-12-20/h3-12,18,21-22,24H,13,15-17H2,1-2H3,(H,25,27)/t21-,22?/m0/s1. The van der Waals surface area contributed by atoms with Crippen molar-refractivity contribution in [3.63, 3.8) is 0 Å². The third-order valence-electron chi connectivity index (χ3n) is 4.12. The van der Waals surface area contributed by atoms with E-state index in [4.69, 9.17) is 9.47 Å². The maximum absolute atomic E-state index is 12.7. The first-order valence-corrected chi connectivity index (χ1v) is 9.77. The number of hydrogen-bond donors (Lipinski definition) is 2. The van der Waals surface area contributed by atoms with Gasteiger partial charge in [-0.25, -0.2) is 0 Å². The Hall–Kier alpha value is -2.54. The highest BCUT2D eigenvalue weighted by Crippen LogP contribution is 2.05. The first kappa shape index (κ1) is 22.7. The molecule has 0 aliphatic carbocycles. The molecular weight excluding hydrogens is 368 g/mol. The quantitative estimate of drug-likeness (QED) is 0.401. The van der Waals surface area contributed by atoms with Crippen LogP contribution in [0.3, 0.4) is 0 Å². The molecule has 2 atom stereocenters. The van der Waals surface area contributed by atoms with Crippen LogP contribution in [-0.2, 0) is 32.1 Å². The Morgan fingerprint density at radius 1 is 1.00 bits per heavy atom. The second-order valence-electron chi connectivity index (χ2n) is 7.16. The van der Waals surface area contributed by atoms with Crippen LogP contribution in [0, 0.1) is 5.92 Å². The first-order chi connectivity index (χ1) is 14.1. The number of carbonyl (C=O) groups is 1. The van der Waals surface area contributed by atoms with Crippen LogP contribution < -0.4 is 10.6 Å². The average Bonchev–Trinajstić information content (AvgIpc) is 2.74. The Balaban J connectivity index is 1.92. The monoisotopic (exact) mass is 397 g/mol. The molecule has 0 saturated heterocycles. The van der Waals surface area contributed by atoms with Crippen molar-refractivity contribution in [3.8, 4) is 0 Å². The Labute approximate surface area is 172 Å². The van der Waals surface area contributed by atoms with Crippen LogP contribution in [-0.4, -0.2) is 37.8 Å². The molecule has 1 amide bonds. The number of nitrogens with one attached hydrogen (secondary N) is 2. The second-order valence-corrected chi connectivity index (χ2v) is 7.16. The fraction of sp³-hybridized carbons (Fsp3) is 0.391. The maximum Gasteiger partial charge on any atom is 0.252 e. The van der Waals surface area contributed by atoms with Gasteiger partial charge in [0.2, 0.25) is 5.91 Å². The van der Waals surface area contributed by atoms with Gasteiger partial charge in [0.05, 0.1) is 26.0 Å². The number of carbonyl (C=O) groups excluding carboxylic acids is 2. The van der Waals surface area contributed by atoms with E-state index in [1.165, 1.54) is 0 Å². The average molecular weight is 397 g/mol. The Morgan fingerprint density at radius 3 is 2.21 bits per heavy atom. The van der Waals surface area contributed by atoms with Crippen molar-refractivity contribution in [1.29, 1.82) is 0 Å². The molecule has 2 N–H and O–H groups in total. The normalized spacial score (nSPS) is 13.1. The van der Waals surface area contributed by atoms with Gasteiger partial charge < -0.3 is 14.8 Å². The van der Waals surface area contributed by atoms with Crippen LogP contribution in [0.2, 0.25) is 0 Å². The third-order valence-corrected chi connectivity index (χ3v) is 4.12. The summed E-state index contributed by atoms with van der Waals surface area (Å²) < 4.78 is 11.0. The van der Waals surface area contributed by atoms with Crippen LogP contribution in [0.4, 0.5) is 0 Å². The molecule has 6 heteroatoms. The lowest BCUT2D eigenvalue weighted by Crippen LogP contribution is -2.50. The smallest absolute Gasteiger partial charge is 0.252 e. The molecule has 2 rings (SSSR count). The number of hydrogen-bond acceptors (Lipinski definition) is 5. The number of rotatable bonds is 13. The lowest BCUT2D eigenvalue weighted by molar-refractivity contribution is -0.126. The van der Waals surface area contributed by atoms with Crippen molar-refractivity contribution >= 4 is 12.2 Å². The third kappa shape index (κ3) is 9.00. The predicted molar refractivity (Wildman–Crippen MR) is 112 cm³/mol. The van der Waals surface area contributed by atoms with Crippen LogP contribution in [0.5, 0.6) is 0 Å². The molecule has 2 aromatic carbocycles. The number of ether oxygens (including phenoxy) is 2. The molecule has 0 aliphatic rings. The fourth-order valence-corrected chi connectivity index (χ4v) is 2.63. The summed E-state index contributed by atoms with van der Waals surface area (Å²) in [6, 6.07) is 18.9. The summed E-state index contributed by atoms with van der Waals surface area (Å²) in [4.78, 5) is 23.9. The van der Waals surface area contributed by atoms with E-state index in [2.05, 4.69) is 10.6 Å². The molecule has 0 spiro atoms. The van der Waals surface area contributed by atoms with Crippen molar-refractivity contribution in [2.45, 2.75) is 39.1 Å². The van der Waals surface area contributed by atoms with Gasteiger partial charge in [-0.15, -0.1) is 0 Å². The highest BCUT2D eigenvalue weighted by molar-refractivity contribution is 5.84. The van der Waals surface area contributed by atoms with E-state index in [-0.39, 0.29) is 18.6 Å². The molecule has 0 fully saturated rings. The molecular formula is C23H29N2O4. The van der Waals surface area contributed by atoms with Crippen LogP contribution in [0.1, 0.15) is 25.0 Å². The molecule has 155 valence electrons. The van der Waals surface area contributed by atoms with Gasteiger partial charge in [-0.3, -0.25) is 14.9 Å². The lowest BCUT2D eigenvalue weighted by atomic mass is 10.1. The van der Waals surface area contributed by atoms with E-state index in [0.29, 0.717) is 19.6 Å². The van der Waals surface area contributed by atoms with Gasteiger partial charge in [0.15, 0.2) is 6.23 Å². The van der Waals surface area contributed by atoms with Gasteiger partial charge in [0.25, 0.3) is 6.29 Å². The molecule has 0 bridgehead atoms. The molecule has 1 unspecified atom stereocenters. The first-order valence-electron chi connectivity index (χ1n) is 9.77. The lowest BCUT2D eigenvalue weighted by Gasteiger charge is -2.21.